The first-order valence-corrected chi connectivity index (χ1v) is 5.93. The van der Waals surface area contributed by atoms with Crippen molar-refractivity contribution in [3.63, 3.8) is 0 Å². The minimum atomic E-state index is 0.346. The summed E-state index contributed by atoms with van der Waals surface area (Å²) < 4.78 is 0. The second-order valence-electron chi connectivity index (χ2n) is 4.99. The summed E-state index contributed by atoms with van der Waals surface area (Å²) in [6, 6.07) is 10.0. The lowest BCUT2D eigenvalue weighted by Gasteiger charge is -2.16. The van der Waals surface area contributed by atoms with E-state index in [1.807, 2.05) is 26.2 Å². The van der Waals surface area contributed by atoms with E-state index >= 15 is 0 Å². The van der Waals surface area contributed by atoms with Gasteiger partial charge in [0.2, 0.25) is 0 Å². The fourth-order valence-electron chi connectivity index (χ4n) is 2.11. The molecule has 2 nitrogen and oxygen atoms in total. The standard InChI is InChI=1S/C15H19NO/c1-10(2)14-9-13(17)7-11-5-6-12(16(3)4)8-15(11)14/h5-10,17H,1-4H3. The summed E-state index contributed by atoms with van der Waals surface area (Å²) >= 11 is 0. The Balaban J connectivity index is 2.73. The van der Waals surface area contributed by atoms with Crippen LogP contribution in [0, 0.1) is 0 Å². The van der Waals surface area contributed by atoms with Crippen molar-refractivity contribution >= 4 is 16.5 Å². The average molecular weight is 229 g/mol. The topological polar surface area (TPSA) is 23.5 Å². The first kappa shape index (κ1) is 11.8. The van der Waals surface area contributed by atoms with Gasteiger partial charge < -0.3 is 10.0 Å². The van der Waals surface area contributed by atoms with E-state index in [1.165, 1.54) is 16.6 Å². The molecule has 0 saturated carbocycles. The maximum absolute atomic E-state index is 9.73. The van der Waals surface area contributed by atoms with Gasteiger partial charge in [-0.15, -0.1) is 0 Å². The summed E-state index contributed by atoms with van der Waals surface area (Å²) in [6.45, 7) is 4.30. The van der Waals surface area contributed by atoms with Crippen LogP contribution in [0.4, 0.5) is 5.69 Å². The predicted molar refractivity (Wildman–Crippen MR) is 74.0 cm³/mol. The van der Waals surface area contributed by atoms with E-state index in [-0.39, 0.29) is 0 Å². The van der Waals surface area contributed by atoms with Crippen LogP contribution in [0.1, 0.15) is 25.3 Å². The van der Waals surface area contributed by atoms with Gasteiger partial charge in [0, 0.05) is 19.8 Å². The molecule has 17 heavy (non-hydrogen) atoms. The highest BCUT2D eigenvalue weighted by atomic mass is 16.3. The molecule has 0 heterocycles. The largest absolute Gasteiger partial charge is 0.508 e. The fourth-order valence-corrected chi connectivity index (χ4v) is 2.11. The quantitative estimate of drug-likeness (QED) is 0.848. The van der Waals surface area contributed by atoms with Gasteiger partial charge in [0.25, 0.3) is 0 Å². The molecule has 0 fully saturated rings. The predicted octanol–water partition coefficient (Wildman–Crippen LogP) is 3.73. The molecule has 0 aliphatic rings. The van der Waals surface area contributed by atoms with Crippen molar-refractivity contribution in [2.24, 2.45) is 0 Å². The molecule has 0 aromatic heterocycles. The Kier molecular flexibility index (Phi) is 2.97. The minimum Gasteiger partial charge on any atom is -0.508 e. The summed E-state index contributed by atoms with van der Waals surface area (Å²) in [5.74, 6) is 0.751. The summed E-state index contributed by atoms with van der Waals surface area (Å²) in [4.78, 5) is 2.09. The number of anilines is 1. The zero-order valence-corrected chi connectivity index (χ0v) is 10.9. The van der Waals surface area contributed by atoms with Crippen molar-refractivity contribution in [3.05, 3.63) is 35.9 Å². The van der Waals surface area contributed by atoms with Crippen molar-refractivity contribution in [3.8, 4) is 5.75 Å². The van der Waals surface area contributed by atoms with Gasteiger partial charge in [-0.05, 0) is 46.5 Å². The van der Waals surface area contributed by atoms with Gasteiger partial charge in [0.05, 0.1) is 0 Å². The maximum atomic E-state index is 9.73. The molecule has 0 amide bonds. The van der Waals surface area contributed by atoms with E-state index in [0.29, 0.717) is 11.7 Å². The van der Waals surface area contributed by atoms with Crippen LogP contribution in [0.2, 0.25) is 0 Å². The molecule has 2 heteroatoms. The second kappa shape index (κ2) is 4.28. The summed E-state index contributed by atoms with van der Waals surface area (Å²) in [5.41, 5.74) is 2.38. The molecule has 0 bridgehead atoms. The molecule has 2 aromatic carbocycles. The number of phenolic OH excluding ortho intramolecular Hbond substituents is 1. The smallest absolute Gasteiger partial charge is 0.116 e. The molecule has 0 atom stereocenters. The van der Waals surface area contributed by atoms with Gasteiger partial charge in [-0.1, -0.05) is 19.9 Å². The van der Waals surface area contributed by atoms with Crippen LogP contribution in [0.5, 0.6) is 5.75 Å². The molecule has 0 radical (unpaired) electrons. The van der Waals surface area contributed by atoms with Crippen LogP contribution in [0.25, 0.3) is 10.8 Å². The molecule has 0 unspecified atom stereocenters. The molecular weight excluding hydrogens is 210 g/mol. The third kappa shape index (κ3) is 2.21. The van der Waals surface area contributed by atoms with Crippen LogP contribution in [0.3, 0.4) is 0 Å². The van der Waals surface area contributed by atoms with Crippen molar-refractivity contribution in [2.45, 2.75) is 19.8 Å². The van der Waals surface area contributed by atoms with Crippen molar-refractivity contribution in [1.82, 2.24) is 0 Å². The molecule has 0 aliphatic heterocycles. The fraction of sp³-hybridized carbons (Fsp3) is 0.333. The monoisotopic (exact) mass is 229 g/mol. The molecule has 1 N–H and O–H groups in total. The molecule has 0 saturated heterocycles. The third-order valence-electron chi connectivity index (χ3n) is 3.09. The van der Waals surface area contributed by atoms with Crippen LogP contribution >= 0.6 is 0 Å². The molecular formula is C15H19NO. The number of hydrogen-bond donors (Lipinski definition) is 1. The number of benzene rings is 2. The van der Waals surface area contributed by atoms with Crippen molar-refractivity contribution in [2.75, 3.05) is 19.0 Å². The van der Waals surface area contributed by atoms with E-state index in [2.05, 4.69) is 36.9 Å². The zero-order chi connectivity index (χ0) is 12.6. The van der Waals surface area contributed by atoms with Gasteiger partial charge >= 0.3 is 0 Å². The van der Waals surface area contributed by atoms with E-state index in [4.69, 9.17) is 0 Å². The maximum Gasteiger partial charge on any atom is 0.116 e. The lowest BCUT2D eigenvalue weighted by molar-refractivity contribution is 0.475. The van der Waals surface area contributed by atoms with Gasteiger partial charge in [0.15, 0.2) is 0 Å². The summed E-state index contributed by atoms with van der Waals surface area (Å²) in [7, 11) is 4.08. The van der Waals surface area contributed by atoms with Gasteiger partial charge in [0.1, 0.15) is 5.75 Å². The Morgan fingerprint density at radius 1 is 1.06 bits per heavy atom. The Morgan fingerprint density at radius 2 is 1.76 bits per heavy atom. The van der Waals surface area contributed by atoms with Gasteiger partial charge in [-0.25, -0.2) is 0 Å². The Bertz CT molecular complexity index is 544. The Hall–Kier alpha value is -1.70. The van der Waals surface area contributed by atoms with Crippen molar-refractivity contribution < 1.29 is 5.11 Å². The van der Waals surface area contributed by atoms with Crippen molar-refractivity contribution in [1.29, 1.82) is 0 Å². The SMILES string of the molecule is CC(C)c1cc(O)cc2ccc(N(C)C)cc12. The van der Waals surface area contributed by atoms with Crippen LogP contribution < -0.4 is 4.90 Å². The average Bonchev–Trinajstić information content (AvgIpc) is 2.26. The Labute approximate surface area is 102 Å². The van der Waals surface area contributed by atoms with Crippen LogP contribution in [0.15, 0.2) is 30.3 Å². The highest BCUT2D eigenvalue weighted by Gasteiger charge is 2.08. The summed E-state index contributed by atoms with van der Waals surface area (Å²) in [5, 5.41) is 12.1. The number of fused-ring (bicyclic) bond motifs is 1. The number of hydrogen-bond acceptors (Lipinski definition) is 2. The lowest BCUT2D eigenvalue weighted by atomic mass is 9.95. The number of aromatic hydroxyl groups is 1. The Morgan fingerprint density at radius 3 is 2.35 bits per heavy atom. The van der Waals surface area contributed by atoms with E-state index in [1.54, 1.807) is 0 Å². The number of phenols is 1. The van der Waals surface area contributed by atoms with Crippen LogP contribution in [-0.4, -0.2) is 19.2 Å². The van der Waals surface area contributed by atoms with E-state index in [9.17, 15) is 5.11 Å². The molecule has 2 rings (SSSR count). The molecule has 0 aliphatic carbocycles. The second-order valence-corrected chi connectivity index (χ2v) is 4.99. The molecule has 2 aromatic rings. The van der Waals surface area contributed by atoms with E-state index < -0.39 is 0 Å². The third-order valence-corrected chi connectivity index (χ3v) is 3.09. The number of rotatable bonds is 2. The lowest BCUT2D eigenvalue weighted by Crippen LogP contribution is -2.08. The molecule has 0 spiro atoms. The normalized spacial score (nSPS) is 11.1. The highest BCUT2D eigenvalue weighted by Crippen LogP contribution is 2.32. The summed E-state index contributed by atoms with van der Waals surface area (Å²) in [6.07, 6.45) is 0. The first-order valence-electron chi connectivity index (χ1n) is 5.93. The van der Waals surface area contributed by atoms with Gasteiger partial charge in [-0.3, -0.25) is 0 Å². The highest BCUT2D eigenvalue weighted by molar-refractivity contribution is 5.90. The number of nitrogens with zero attached hydrogens (tertiary/aromatic N) is 1. The van der Waals surface area contributed by atoms with Crippen LogP contribution in [-0.2, 0) is 0 Å². The van der Waals surface area contributed by atoms with E-state index in [0.717, 1.165) is 5.39 Å². The zero-order valence-electron chi connectivity index (χ0n) is 10.9. The van der Waals surface area contributed by atoms with Gasteiger partial charge in [-0.2, -0.15) is 0 Å². The first-order chi connectivity index (χ1) is 7.99. The molecule has 90 valence electrons. The minimum absolute atomic E-state index is 0.346.